The molecule has 1 N–H and O–H groups in total. The largest absolute Gasteiger partial charge is 0.493 e. The van der Waals surface area contributed by atoms with E-state index < -0.39 is 0 Å². The fraction of sp³-hybridized carbons (Fsp3) is 0.650. The van der Waals surface area contributed by atoms with Crippen LogP contribution >= 0.6 is 0 Å². The second kappa shape index (κ2) is 8.09. The maximum Gasteiger partial charge on any atom is 0.224 e. The molecule has 5 heteroatoms. The third-order valence-electron chi connectivity index (χ3n) is 5.80. The Morgan fingerprint density at radius 2 is 2.04 bits per heavy atom. The Kier molecular flexibility index (Phi) is 5.84. The van der Waals surface area contributed by atoms with E-state index in [2.05, 4.69) is 17.1 Å². The van der Waals surface area contributed by atoms with Gasteiger partial charge in [-0.05, 0) is 56.8 Å². The molecule has 2 fully saturated rings. The number of methoxy groups -OCH3 is 2. The molecule has 2 saturated heterocycles. The molecule has 5 nitrogen and oxygen atoms in total. The van der Waals surface area contributed by atoms with Crippen molar-refractivity contribution in [2.75, 3.05) is 27.3 Å². The molecule has 2 aliphatic heterocycles. The van der Waals surface area contributed by atoms with Crippen LogP contribution < -0.4 is 14.8 Å². The summed E-state index contributed by atoms with van der Waals surface area (Å²) in [5.41, 5.74) is 1.13. The highest BCUT2D eigenvalue weighted by atomic mass is 16.5. The van der Waals surface area contributed by atoms with Crippen molar-refractivity contribution < 1.29 is 14.3 Å². The maximum atomic E-state index is 12.6. The summed E-state index contributed by atoms with van der Waals surface area (Å²) >= 11 is 0. The lowest BCUT2D eigenvalue weighted by Gasteiger charge is -2.32. The van der Waals surface area contributed by atoms with Gasteiger partial charge in [0.1, 0.15) is 0 Å². The number of carbonyl (C=O) groups excluding carboxylic acids is 1. The third kappa shape index (κ3) is 3.92. The predicted molar refractivity (Wildman–Crippen MR) is 98.2 cm³/mol. The average molecular weight is 346 g/mol. The Hall–Kier alpha value is -1.75. The number of nitrogens with one attached hydrogen (secondary N) is 1. The summed E-state index contributed by atoms with van der Waals surface area (Å²) in [6.07, 6.45) is 5.64. The lowest BCUT2D eigenvalue weighted by molar-refractivity contribution is -0.125. The Labute approximate surface area is 150 Å². The van der Waals surface area contributed by atoms with Crippen LogP contribution in [0.4, 0.5) is 0 Å². The molecule has 3 atom stereocenters. The molecule has 1 amide bonds. The van der Waals surface area contributed by atoms with Gasteiger partial charge >= 0.3 is 0 Å². The van der Waals surface area contributed by atoms with Crippen molar-refractivity contribution in [3.63, 3.8) is 0 Å². The molecule has 1 aromatic rings. The number of ether oxygens (including phenoxy) is 2. The van der Waals surface area contributed by atoms with Crippen molar-refractivity contribution in [1.82, 2.24) is 10.2 Å². The van der Waals surface area contributed by atoms with Crippen molar-refractivity contribution in [3.05, 3.63) is 23.8 Å². The van der Waals surface area contributed by atoms with E-state index in [1.54, 1.807) is 14.2 Å². The van der Waals surface area contributed by atoms with Gasteiger partial charge in [-0.1, -0.05) is 12.5 Å². The van der Waals surface area contributed by atoms with Crippen LogP contribution in [-0.2, 0) is 11.2 Å². The smallest absolute Gasteiger partial charge is 0.224 e. The van der Waals surface area contributed by atoms with Crippen LogP contribution in [0, 0.1) is 5.92 Å². The quantitative estimate of drug-likeness (QED) is 0.860. The van der Waals surface area contributed by atoms with Gasteiger partial charge in [-0.15, -0.1) is 0 Å². The number of hydrogen-bond donors (Lipinski definition) is 1. The second-order valence-corrected chi connectivity index (χ2v) is 7.20. The Balaban J connectivity index is 1.51. The molecular formula is C20H30N2O3. The van der Waals surface area contributed by atoms with Gasteiger partial charge in [-0.2, -0.15) is 0 Å². The first-order chi connectivity index (χ1) is 12.1. The number of carbonyl (C=O) groups is 1. The Bertz CT molecular complexity index is 605. The molecule has 0 bridgehead atoms. The lowest BCUT2D eigenvalue weighted by atomic mass is 9.97. The minimum absolute atomic E-state index is 0.133. The van der Waals surface area contributed by atoms with Gasteiger partial charge < -0.3 is 14.8 Å². The topological polar surface area (TPSA) is 50.8 Å². The molecule has 0 radical (unpaired) electrons. The van der Waals surface area contributed by atoms with Crippen LogP contribution in [0.5, 0.6) is 11.5 Å². The van der Waals surface area contributed by atoms with E-state index in [9.17, 15) is 4.79 Å². The minimum atomic E-state index is 0.133. The zero-order valence-corrected chi connectivity index (χ0v) is 15.6. The molecule has 25 heavy (non-hydrogen) atoms. The number of nitrogens with zero attached hydrogens (tertiary/aromatic N) is 1. The van der Waals surface area contributed by atoms with E-state index in [1.807, 2.05) is 18.2 Å². The minimum Gasteiger partial charge on any atom is -0.493 e. The van der Waals surface area contributed by atoms with E-state index in [0.717, 1.165) is 36.4 Å². The number of piperidine rings is 1. The van der Waals surface area contributed by atoms with Crippen molar-refractivity contribution in [2.24, 2.45) is 5.92 Å². The lowest BCUT2D eigenvalue weighted by Crippen LogP contribution is -2.42. The van der Waals surface area contributed by atoms with Crippen LogP contribution in [0.1, 0.15) is 38.2 Å². The van der Waals surface area contributed by atoms with Gasteiger partial charge in [0.2, 0.25) is 5.91 Å². The van der Waals surface area contributed by atoms with E-state index in [1.165, 1.54) is 19.3 Å². The fourth-order valence-corrected chi connectivity index (χ4v) is 4.36. The standard InChI is InChI=1S/C20H30N2O3/c1-14-17(13-16-6-4-5-11-22(14)16)20(23)21-10-9-15-7-8-18(24-2)19(12-15)25-3/h7-8,12,14,16-17H,4-6,9-11,13H2,1-3H3,(H,21,23)/t14-,16-,17+/m1/s1. The molecule has 0 spiro atoms. The molecule has 0 unspecified atom stereocenters. The van der Waals surface area contributed by atoms with Crippen LogP contribution in [-0.4, -0.2) is 50.2 Å². The van der Waals surface area contributed by atoms with Gasteiger partial charge in [-0.3, -0.25) is 9.69 Å². The molecule has 1 aromatic carbocycles. The van der Waals surface area contributed by atoms with Crippen LogP contribution in [0.3, 0.4) is 0 Å². The van der Waals surface area contributed by atoms with Crippen molar-refractivity contribution in [1.29, 1.82) is 0 Å². The summed E-state index contributed by atoms with van der Waals surface area (Å²) in [5.74, 6) is 1.80. The van der Waals surface area contributed by atoms with Crippen LogP contribution in [0.25, 0.3) is 0 Å². The van der Waals surface area contributed by atoms with Crippen molar-refractivity contribution >= 4 is 5.91 Å². The Morgan fingerprint density at radius 1 is 1.24 bits per heavy atom. The molecule has 2 heterocycles. The number of benzene rings is 1. The monoisotopic (exact) mass is 346 g/mol. The number of hydrogen-bond acceptors (Lipinski definition) is 4. The molecule has 0 aromatic heterocycles. The number of rotatable bonds is 6. The summed E-state index contributed by atoms with van der Waals surface area (Å²) in [4.78, 5) is 15.2. The van der Waals surface area contributed by atoms with E-state index in [0.29, 0.717) is 18.6 Å². The average Bonchev–Trinajstić information content (AvgIpc) is 2.98. The first-order valence-electron chi connectivity index (χ1n) is 9.38. The summed E-state index contributed by atoms with van der Waals surface area (Å²) in [6, 6.07) is 6.89. The first kappa shape index (κ1) is 18.1. The summed E-state index contributed by atoms with van der Waals surface area (Å²) in [6.45, 7) is 4.02. The van der Waals surface area contributed by atoms with Gasteiger partial charge in [-0.25, -0.2) is 0 Å². The summed E-state index contributed by atoms with van der Waals surface area (Å²) in [7, 11) is 3.27. The van der Waals surface area contributed by atoms with Crippen molar-refractivity contribution in [3.8, 4) is 11.5 Å². The third-order valence-corrected chi connectivity index (χ3v) is 5.80. The van der Waals surface area contributed by atoms with Crippen molar-refractivity contribution in [2.45, 2.75) is 51.1 Å². The highest BCUT2D eigenvalue weighted by Gasteiger charge is 2.42. The zero-order valence-electron chi connectivity index (χ0n) is 15.6. The summed E-state index contributed by atoms with van der Waals surface area (Å²) in [5, 5.41) is 3.14. The normalized spacial score (nSPS) is 26.1. The van der Waals surface area contributed by atoms with Crippen LogP contribution in [0.2, 0.25) is 0 Å². The molecule has 2 aliphatic rings. The van der Waals surface area contributed by atoms with Gasteiger partial charge in [0.15, 0.2) is 11.5 Å². The van der Waals surface area contributed by atoms with E-state index in [-0.39, 0.29) is 11.8 Å². The number of amides is 1. The second-order valence-electron chi connectivity index (χ2n) is 7.20. The van der Waals surface area contributed by atoms with Crippen LogP contribution in [0.15, 0.2) is 18.2 Å². The fourth-order valence-electron chi connectivity index (χ4n) is 4.36. The van der Waals surface area contributed by atoms with Gasteiger partial charge in [0.25, 0.3) is 0 Å². The first-order valence-corrected chi connectivity index (χ1v) is 9.38. The molecule has 3 rings (SSSR count). The SMILES string of the molecule is COc1ccc(CCNC(=O)[C@H]2C[C@H]3CCCCN3[C@@H]2C)cc1OC. The highest BCUT2D eigenvalue weighted by molar-refractivity contribution is 5.79. The predicted octanol–water partition coefficient (Wildman–Crippen LogP) is 2.63. The van der Waals surface area contributed by atoms with Gasteiger partial charge in [0.05, 0.1) is 20.1 Å². The summed E-state index contributed by atoms with van der Waals surface area (Å²) < 4.78 is 10.6. The molecular weight excluding hydrogens is 316 g/mol. The Morgan fingerprint density at radius 3 is 2.76 bits per heavy atom. The zero-order chi connectivity index (χ0) is 17.8. The van der Waals surface area contributed by atoms with Gasteiger partial charge in [0, 0.05) is 18.6 Å². The maximum absolute atomic E-state index is 12.6. The van der Waals surface area contributed by atoms with E-state index in [4.69, 9.17) is 9.47 Å². The molecule has 138 valence electrons. The highest BCUT2D eigenvalue weighted by Crippen LogP contribution is 2.35. The van der Waals surface area contributed by atoms with E-state index >= 15 is 0 Å². The molecule has 0 aliphatic carbocycles. The molecule has 0 saturated carbocycles. The number of fused-ring (bicyclic) bond motifs is 1.